The third-order valence-electron chi connectivity index (χ3n) is 3.88. The summed E-state index contributed by atoms with van der Waals surface area (Å²) in [5.74, 6) is 0.228. The summed E-state index contributed by atoms with van der Waals surface area (Å²) in [5, 5.41) is 24.0. The van der Waals surface area contributed by atoms with Gasteiger partial charge in [0.25, 0.3) is 0 Å². The third kappa shape index (κ3) is 2.15. The molecule has 2 N–H and O–H groups in total. The zero-order chi connectivity index (χ0) is 16.0. The van der Waals surface area contributed by atoms with Crippen LogP contribution in [0.2, 0.25) is 5.15 Å². The molecule has 4 aromatic rings. The van der Waals surface area contributed by atoms with Crippen LogP contribution < -0.4 is 0 Å². The number of nitrogens with zero attached hydrogens (tertiary/aromatic N) is 2. The van der Waals surface area contributed by atoms with Gasteiger partial charge in [0.15, 0.2) is 0 Å². The van der Waals surface area contributed by atoms with E-state index in [9.17, 15) is 10.2 Å². The minimum absolute atomic E-state index is 0.107. The van der Waals surface area contributed by atoms with Crippen molar-refractivity contribution < 1.29 is 10.2 Å². The number of benzene rings is 2. The predicted octanol–water partition coefficient (Wildman–Crippen LogP) is 4.51. The Kier molecular flexibility index (Phi) is 3.06. The van der Waals surface area contributed by atoms with Gasteiger partial charge in [-0.25, -0.2) is 4.98 Å². The van der Waals surface area contributed by atoms with Crippen LogP contribution in [-0.4, -0.2) is 20.2 Å². The van der Waals surface area contributed by atoms with E-state index in [4.69, 9.17) is 11.6 Å². The van der Waals surface area contributed by atoms with Gasteiger partial charge in [0.1, 0.15) is 16.7 Å². The second-order valence-corrected chi connectivity index (χ2v) is 5.60. The van der Waals surface area contributed by atoms with Gasteiger partial charge in [-0.1, -0.05) is 11.6 Å². The first kappa shape index (κ1) is 13.8. The van der Waals surface area contributed by atoms with Crippen molar-refractivity contribution in [2.24, 2.45) is 0 Å². The molecule has 112 valence electrons. The van der Waals surface area contributed by atoms with Crippen molar-refractivity contribution in [2.75, 3.05) is 0 Å². The van der Waals surface area contributed by atoms with Gasteiger partial charge >= 0.3 is 0 Å². The van der Waals surface area contributed by atoms with Crippen LogP contribution >= 0.6 is 11.6 Å². The molecule has 4 rings (SSSR count). The Bertz CT molecular complexity index is 1060. The molecule has 5 heteroatoms. The summed E-state index contributed by atoms with van der Waals surface area (Å²) < 4.78 is 0. The maximum absolute atomic E-state index is 10.4. The van der Waals surface area contributed by atoms with Crippen LogP contribution in [0.3, 0.4) is 0 Å². The molecule has 2 heterocycles. The van der Waals surface area contributed by atoms with Crippen LogP contribution in [-0.2, 0) is 0 Å². The Morgan fingerprint density at radius 3 is 2.61 bits per heavy atom. The highest BCUT2D eigenvalue weighted by Crippen LogP contribution is 2.42. The smallest absolute Gasteiger partial charge is 0.136 e. The van der Waals surface area contributed by atoms with Crippen molar-refractivity contribution in [2.45, 2.75) is 0 Å². The normalized spacial score (nSPS) is 11.2. The Balaban J connectivity index is 2.19. The molecule has 0 atom stereocenters. The molecule has 0 aliphatic carbocycles. The molecule has 23 heavy (non-hydrogen) atoms. The minimum atomic E-state index is 0.107. The molecule has 0 bridgehead atoms. The molecule has 2 aromatic heterocycles. The lowest BCUT2D eigenvalue weighted by Gasteiger charge is -2.13. The fourth-order valence-corrected chi connectivity index (χ4v) is 3.10. The second kappa shape index (κ2) is 5.11. The highest BCUT2D eigenvalue weighted by Gasteiger charge is 2.15. The Hall–Kier alpha value is -2.85. The number of hydrogen-bond donors (Lipinski definition) is 2. The zero-order valence-electron chi connectivity index (χ0n) is 11.9. The van der Waals surface area contributed by atoms with Crippen molar-refractivity contribution in [1.29, 1.82) is 0 Å². The van der Waals surface area contributed by atoms with Crippen molar-refractivity contribution in [3.8, 4) is 22.6 Å². The van der Waals surface area contributed by atoms with E-state index in [2.05, 4.69) is 9.97 Å². The SMILES string of the molecule is Oc1cc(-c2c(O)ccc3c(Cl)nccc23)c2cnccc2c1. The van der Waals surface area contributed by atoms with Gasteiger partial charge in [0.05, 0.1) is 0 Å². The van der Waals surface area contributed by atoms with Crippen LogP contribution in [0.25, 0.3) is 32.7 Å². The van der Waals surface area contributed by atoms with Crippen molar-refractivity contribution in [3.63, 3.8) is 0 Å². The molecular formula is C18H11ClN2O2. The lowest BCUT2D eigenvalue weighted by molar-refractivity contribution is 0.475. The highest BCUT2D eigenvalue weighted by molar-refractivity contribution is 6.34. The molecule has 0 saturated heterocycles. The quantitative estimate of drug-likeness (QED) is 0.506. The lowest BCUT2D eigenvalue weighted by atomic mass is 9.94. The fourth-order valence-electron chi connectivity index (χ4n) is 2.88. The number of hydrogen-bond acceptors (Lipinski definition) is 4. The maximum Gasteiger partial charge on any atom is 0.136 e. The van der Waals surface area contributed by atoms with E-state index in [0.717, 1.165) is 21.5 Å². The summed E-state index contributed by atoms with van der Waals surface area (Å²) in [6.45, 7) is 0. The van der Waals surface area contributed by atoms with E-state index >= 15 is 0 Å². The first-order valence-corrected chi connectivity index (χ1v) is 7.36. The maximum atomic E-state index is 10.4. The van der Waals surface area contributed by atoms with Crippen LogP contribution in [0.5, 0.6) is 11.5 Å². The molecule has 4 nitrogen and oxygen atoms in total. The van der Waals surface area contributed by atoms with Crippen molar-refractivity contribution in [3.05, 3.63) is 60.1 Å². The summed E-state index contributed by atoms with van der Waals surface area (Å²) in [6, 6.07) is 10.2. The first-order valence-electron chi connectivity index (χ1n) is 6.98. The molecule has 0 saturated carbocycles. The van der Waals surface area contributed by atoms with E-state index in [1.54, 1.807) is 48.9 Å². The van der Waals surface area contributed by atoms with Crippen LogP contribution in [0.15, 0.2) is 55.0 Å². The molecule has 0 unspecified atom stereocenters. The van der Waals surface area contributed by atoms with E-state index in [-0.39, 0.29) is 11.5 Å². The molecule has 2 aromatic carbocycles. The van der Waals surface area contributed by atoms with Crippen LogP contribution in [0.4, 0.5) is 0 Å². The number of rotatable bonds is 1. The van der Waals surface area contributed by atoms with Gasteiger partial charge in [-0.2, -0.15) is 0 Å². The highest BCUT2D eigenvalue weighted by atomic mass is 35.5. The van der Waals surface area contributed by atoms with Crippen molar-refractivity contribution >= 4 is 33.1 Å². The number of fused-ring (bicyclic) bond motifs is 2. The number of halogens is 1. The topological polar surface area (TPSA) is 66.2 Å². The zero-order valence-corrected chi connectivity index (χ0v) is 12.6. The summed E-state index contributed by atoms with van der Waals surface area (Å²) in [4.78, 5) is 8.23. The summed E-state index contributed by atoms with van der Waals surface area (Å²) in [7, 11) is 0. The molecule has 0 aliphatic heterocycles. The molecule has 0 fully saturated rings. The largest absolute Gasteiger partial charge is 0.508 e. The van der Waals surface area contributed by atoms with Gasteiger partial charge in [-0.15, -0.1) is 0 Å². The van der Waals surface area contributed by atoms with Crippen LogP contribution in [0, 0.1) is 0 Å². The van der Waals surface area contributed by atoms with E-state index in [1.807, 2.05) is 6.07 Å². The average molecular weight is 323 g/mol. The van der Waals surface area contributed by atoms with E-state index in [1.165, 1.54) is 0 Å². The van der Waals surface area contributed by atoms with E-state index in [0.29, 0.717) is 16.3 Å². The Labute approximate surface area is 136 Å². The summed E-state index contributed by atoms with van der Waals surface area (Å²) >= 11 is 6.16. The summed E-state index contributed by atoms with van der Waals surface area (Å²) in [6.07, 6.45) is 4.97. The molecule has 0 spiro atoms. The molecule has 0 radical (unpaired) electrons. The number of aromatic hydroxyl groups is 2. The second-order valence-electron chi connectivity index (χ2n) is 5.25. The standard InChI is InChI=1S/C18H11ClN2O2/c19-18-13-1-2-16(23)17(12(13)4-6-21-18)14-8-11(22)7-10-3-5-20-9-15(10)14/h1-9,22-23H. The number of phenolic OH excluding ortho intramolecular Hbond substituents is 2. The Morgan fingerprint density at radius 2 is 1.74 bits per heavy atom. The van der Waals surface area contributed by atoms with Crippen LogP contribution in [0.1, 0.15) is 0 Å². The Morgan fingerprint density at radius 1 is 0.870 bits per heavy atom. The minimum Gasteiger partial charge on any atom is -0.508 e. The van der Waals surface area contributed by atoms with Gasteiger partial charge in [-0.3, -0.25) is 4.98 Å². The van der Waals surface area contributed by atoms with Crippen molar-refractivity contribution in [1.82, 2.24) is 9.97 Å². The average Bonchev–Trinajstić information content (AvgIpc) is 2.54. The number of aromatic nitrogens is 2. The van der Waals surface area contributed by atoms with Gasteiger partial charge < -0.3 is 10.2 Å². The summed E-state index contributed by atoms with van der Waals surface area (Å²) in [5.41, 5.74) is 1.29. The van der Waals surface area contributed by atoms with Gasteiger partial charge in [0.2, 0.25) is 0 Å². The van der Waals surface area contributed by atoms with Gasteiger partial charge in [0, 0.05) is 34.9 Å². The monoisotopic (exact) mass is 322 g/mol. The lowest BCUT2D eigenvalue weighted by Crippen LogP contribution is -1.88. The third-order valence-corrected chi connectivity index (χ3v) is 4.19. The number of pyridine rings is 2. The first-order chi connectivity index (χ1) is 11.1. The molecular weight excluding hydrogens is 312 g/mol. The van der Waals surface area contributed by atoms with Gasteiger partial charge in [-0.05, 0) is 52.7 Å². The number of phenols is 2. The van der Waals surface area contributed by atoms with E-state index < -0.39 is 0 Å². The molecule has 0 aliphatic rings. The molecule has 0 amide bonds. The predicted molar refractivity (Wildman–Crippen MR) is 90.8 cm³/mol. The fraction of sp³-hybridized carbons (Fsp3) is 0.